The maximum Gasteiger partial charge on any atom is 0.434 e. The highest BCUT2D eigenvalue weighted by molar-refractivity contribution is 7.09. The highest BCUT2D eigenvalue weighted by Gasteiger charge is 2.33. The Hall–Kier alpha value is -2.13. The Morgan fingerprint density at radius 3 is 2.43 bits per heavy atom. The van der Waals surface area contributed by atoms with Gasteiger partial charge in [-0.2, -0.15) is 13.2 Å². The van der Waals surface area contributed by atoms with Crippen molar-refractivity contribution in [2.75, 3.05) is 19.6 Å². The first-order valence-corrected chi connectivity index (χ1v) is 11.2. The van der Waals surface area contributed by atoms with Gasteiger partial charge < -0.3 is 10.6 Å². The molecule has 0 saturated carbocycles. The number of benzene rings is 1. The van der Waals surface area contributed by atoms with Gasteiger partial charge in [-0.1, -0.05) is 30.7 Å². The van der Waals surface area contributed by atoms with Crippen LogP contribution >= 0.6 is 11.3 Å². The van der Waals surface area contributed by atoms with Crippen LogP contribution in [-0.2, 0) is 25.8 Å². The molecular formula is C21H28F3N5S. The highest BCUT2D eigenvalue weighted by Crippen LogP contribution is 2.29. The number of hydrogen-bond acceptors (Lipinski definition) is 4. The third-order valence-electron chi connectivity index (χ3n) is 4.89. The minimum Gasteiger partial charge on any atom is -0.357 e. The van der Waals surface area contributed by atoms with E-state index < -0.39 is 11.9 Å². The van der Waals surface area contributed by atoms with Gasteiger partial charge in [0.2, 0.25) is 0 Å². The average Bonchev–Trinajstić information content (AvgIpc) is 3.22. The van der Waals surface area contributed by atoms with Gasteiger partial charge in [0, 0.05) is 18.5 Å². The molecule has 2 aromatic rings. The zero-order chi connectivity index (χ0) is 21.4. The standard InChI is InChI=1S/C21H28F3N5S/c1-2-25-20(27-13-19-28-18(15-30-19)21(22,23)24)26-12-16-6-8-17(9-7-16)14-29-10-4-3-5-11-29/h6-9,15H,2-5,10-14H2,1H3,(H2,25,26,27). The third kappa shape index (κ3) is 6.98. The molecular weight excluding hydrogens is 411 g/mol. The van der Waals surface area contributed by atoms with E-state index in [1.807, 2.05) is 6.92 Å². The van der Waals surface area contributed by atoms with Gasteiger partial charge in [0.1, 0.15) is 5.01 Å². The molecule has 164 valence electrons. The number of nitrogens with one attached hydrogen (secondary N) is 2. The quantitative estimate of drug-likeness (QED) is 0.496. The van der Waals surface area contributed by atoms with Crippen LogP contribution in [0.2, 0.25) is 0 Å². The van der Waals surface area contributed by atoms with E-state index >= 15 is 0 Å². The Labute approximate surface area is 179 Å². The fourth-order valence-electron chi connectivity index (χ4n) is 3.32. The summed E-state index contributed by atoms with van der Waals surface area (Å²) in [6, 6.07) is 8.47. The Morgan fingerprint density at radius 1 is 1.10 bits per heavy atom. The van der Waals surface area contributed by atoms with Crippen molar-refractivity contribution >= 4 is 17.3 Å². The minimum atomic E-state index is -4.41. The van der Waals surface area contributed by atoms with Crippen LogP contribution in [0.4, 0.5) is 13.2 Å². The summed E-state index contributed by atoms with van der Waals surface area (Å²) < 4.78 is 38.0. The summed E-state index contributed by atoms with van der Waals surface area (Å²) >= 11 is 0.986. The molecule has 0 aliphatic carbocycles. The van der Waals surface area contributed by atoms with Crippen molar-refractivity contribution in [2.45, 2.75) is 52.0 Å². The van der Waals surface area contributed by atoms with Crippen LogP contribution in [0.3, 0.4) is 0 Å². The summed E-state index contributed by atoms with van der Waals surface area (Å²) in [6.07, 6.45) is -0.508. The average molecular weight is 440 g/mol. The number of halogens is 3. The van der Waals surface area contributed by atoms with E-state index in [0.717, 1.165) is 28.8 Å². The molecule has 5 nitrogen and oxygen atoms in total. The second kappa shape index (κ2) is 10.8. The fourth-order valence-corrected chi connectivity index (χ4v) is 4.06. The number of piperidine rings is 1. The number of guanidine groups is 1. The van der Waals surface area contributed by atoms with E-state index in [0.29, 0.717) is 24.1 Å². The molecule has 1 aliphatic heterocycles. The van der Waals surface area contributed by atoms with E-state index in [4.69, 9.17) is 0 Å². The Morgan fingerprint density at radius 2 is 1.80 bits per heavy atom. The van der Waals surface area contributed by atoms with Crippen molar-refractivity contribution in [1.29, 1.82) is 0 Å². The van der Waals surface area contributed by atoms with Crippen molar-refractivity contribution in [3.05, 3.63) is 51.5 Å². The number of nitrogens with zero attached hydrogens (tertiary/aromatic N) is 3. The van der Waals surface area contributed by atoms with E-state index in [1.54, 1.807) is 0 Å². The van der Waals surface area contributed by atoms with Crippen molar-refractivity contribution in [3.8, 4) is 0 Å². The molecule has 1 aromatic heterocycles. The van der Waals surface area contributed by atoms with Crippen LogP contribution in [0.1, 0.15) is 48.0 Å². The third-order valence-corrected chi connectivity index (χ3v) is 5.74. The van der Waals surface area contributed by atoms with Gasteiger partial charge in [0.15, 0.2) is 11.7 Å². The predicted molar refractivity (Wildman–Crippen MR) is 114 cm³/mol. The number of aliphatic imine (C=N–C) groups is 1. The summed E-state index contributed by atoms with van der Waals surface area (Å²) in [6.45, 7) is 6.62. The molecule has 0 amide bonds. The molecule has 30 heavy (non-hydrogen) atoms. The number of thiazole rings is 1. The van der Waals surface area contributed by atoms with Gasteiger partial charge >= 0.3 is 6.18 Å². The summed E-state index contributed by atoms with van der Waals surface area (Å²) in [5.74, 6) is 0.554. The molecule has 0 spiro atoms. The maximum atomic E-state index is 12.7. The molecule has 3 rings (SSSR count). The molecule has 2 N–H and O–H groups in total. The maximum absolute atomic E-state index is 12.7. The van der Waals surface area contributed by atoms with Crippen molar-refractivity contribution in [1.82, 2.24) is 20.5 Å². The van der Waals surface area contributed by atoms with Crippen LogP contribution in [0.25, 0.3) is 0 Å². The van der Waals surface area contributed by atoms with E-state index in [-0.39, 0.29) is 6.54 Å². The Balaban J connectivity index is 1.52. The van der Waals surface area contributed by atoms with Crippen molar-refractivity contribution in [2.24, 2.45) is 4.99 Å². The number of alkyl halides is 3. The second-order valence-corrected chi connectivity index (χ2v) is 8.27. The van der Waals surface area contributed by atoms with E-state index in [2.05, 4.69) is 49.8 Å². The Bertz CT molecular complexity index is 811. The first kappa shape index (κ1) is 22.6. The van der Waals surface area contributed by atoms with Crippen LogP contribution in [-0.4, -0.2) is 35.5 Å². The van der Waals surface area contributed by atoms with Crippen LogP contribution in [0.5, 0.6) is 0 Å². The summed E-state index contributed by atoms with van der Waals surface area (Å²) in [5, 5.41) is 7.57. The SMILES string of the molecule is CCNC(=NCc1ccc(CN2CCCCC2)cc1)NCc1nc(C(F)(F)F)cs1. The monoisotopic (exact) mass is 439 g/mol. The molecule has 9 heteroatoms. The fraction of sp³-hybridized carbons (Fsp3) is 0.524. The smallest absolute Gasteiger partial charge is 0.357 e. The summed E-state index contributed by atoms with van der Waals surface area (Å²) in [7, 11) is 0. The first-order chi connectivity index (χ1) is 14.4. The van der Waals surface area contributed by atoms with E-state index in [1.165, 1.54) is 37.9 Å². The van der Waals surface area contributed by atoms with Crippen molar-refractivity contribution in [3.63, 3.8) is 0 Å². The summed E-state index contributed by atoms with van der Waals surface area (Å²) in [5.41, 5.74) is 1.54. The minimum absolute atomic E-state index is 0.196. The van der Waals surface area contributed by atoms with Gasteiger partial charge in [-0.25, -0.2) is 9.98 Å². The molecule has 1 aromatic carbocycles. The number of likely N-dealkylation sites (tertiary alicyclic amines) is 1. The molecule has 1 fully saturated rings. The molecule has 2 heterocycles. The summed E-state index contributed by atoms with van der Waals surface area (Å²) in [4.78, 5) is 10.7. The van der Waals surface area contributed by atoms with Crippen LogP contribution in [0.15, 0.2) is 34.6 Å². The van der Waals surface area contributed by atoms with Gasteiger partial charge in [0.25, 0.3) is 0 Å². The van der Waals surface area contributed by atoms with Gasteiger partial charge in [-0.15, -0.1) is 11.3 Å². The number of rotatable bonds is 7. The van der Waals surface area contributed by atoms with Crippen LogP contribution in [0, 0.1) is 0 Å². The molecule has 0 atom stereocenters. The number of hydrogen-bond donors (Lipinski definition) is 2. The largest absolute Gasteiger partial charge is 0.434 e. The van der Waals surface area contributed by atoms with Gasteiger partial charge in [-0.3, -0.25) is 4.90 Å². The highest BCUT2D eigenvalue weighted by atomic mass is 32.1. The lowest BCUT2D eigenvalue weighted by Gasteiger charge is -2.26. The lowest BCUT2D eigenvalue weighted by atomic mass is 10.1. The van der Waals surface area contributed by atoms with Gasteiger partial charge in [0.05, 0.1) is 13.1 Å². The predicted octanol–water partition coefficient (Wildman–Crippen LogP) is 4.40. The first-order valence-electron chi connectivity index (χ1n) is 10.3. The molecule has 0 unspecified atom stereocenters. The lowest BCUT2D eigenvalue weighted by Crippen LogP contribution is -2.36. The molecule has 0 bridgehead atoms. The second-order valence-electron chi connectivity index (χ2n) is 7.33. The van der Waals surface area contributed by atoms with Gasteiger partial charge in [-0.05, 0) is 44.0 Å². The Kier molecular flexibility index (Phi) is 8.09. The van der Waals surface area contributed by atoms with Crippen LogP contribution < -0.4 is 10.6 Å². The molecule has 1 aliphatic rings. The zero-order valence-electron chi connectivity index (χ0n) is 17.1. The normalized spacial score (nSPS) is 15.9. The molecule has 0 radical (unpaired) electrons. The number of aromatic nitrogens is 1. The molecule has 1 saturated heterocycles. The lowest BCUT2D eigenvalue weighted by molar-refractivity contribution is -0.140. The van der Waals surface area contributed by atoms with Crippen molar-refractivity contribution < 1.29 is 13.2 Å². The topological polar surface area (TPSA) is 52.6 Å². The van der Waals surface area contributed by atoms with E-state index in [9.17, 15) is 13.2 Å². The zero-order valence-corrected chi connectivity index (χ0v) is 18.0.